The molecule has 0 unspecified atom stereocenters. The number of anilines is 1. The summed E-state index contributed by atoms with van der Waals surface area (Å²) in [6, 6.07) is 14.4. The molecule has 0 bridgehead atoms. The van der Waals surface area contributed by atoms with Crippen LogP contribution in [-0.4, -0.2) is 31.0 Å². The average molecular weight is 456 g/mol. The van der Waals surface area contributed by atoms with Crippen LogP contribution >= 0.6 is 22.9 Å². The fourth-order valence-corrected chi connectivity index (χ4v) is 4.48. The Kier molecular flexibility index (Phi) is 5.71. The molecule has 0 saturated carbocycles. The van der Waals surface area contributed by atoms with Gasteiger partial charge < -0.3 is 14.6 Å². The molecule has 0 saturated heterocycles. The molecule has 8 heteroatoms. The van der Waals surface area contributed by atoms with Gasteiger partial charge in [0.1, 0.15) is 11.5 Å². The molecule has 1 atom stereocenters. The van der Waals surface area contributed by atoms with Crippen molar-refractivity contribution in [2.75, 3.05) is 19.1 Å². The van der Waals surface area contributed by atoms with Gasteiger partial charge in [-0.1, -0.05) is 29.8 Å². The van der Waals surface area contributed by atoms with Gasteiger partial charge in [0, 0.05) is 5.69 Å². The molecule has 1 N–H and O–H groups in total. The van der Waals surface area contributed by atoms with Gasteiger partial charge in [-0.05, 0) is 47.3 Å². The zero-order chi connectivity index (χ0) is 22.1. The van der Waals surface area contributed by atoms with Crippen LogP contribution in [-0.2, 0) is 4.79 Å². The predicted octanol–water partition coefficient (Wildman–Crippen LogP) is 5.20. The van der Waals surface area contributed by atoms with Crippen LogP contribution < -0.4 is 14.4 Å². The number of thiophene rings is 1. The summed E-state index contributed by atoms with van der Waals surface area (Å²) in [5.41, 5.74) is 1.09. The van der Waals surface area contributed by atoms with Crippen molar-refractivity contribution < 1.29 is 24.2 Å². The molecule has 1 amide bonds. The summed E-state index contributed by atoms with van der Waals surface area (Å²) in [7, 11) is 3.05. The Bertz CT molecular complexity index is 1170. The molecule has 1 aliphatic rings. The standard InChI is InChI=1S/C23H18ClNO5S/c1-29-15-8-5-13(6-9-15)20-19(21(26)18-4-3-11-31-18)22(27)23(28)25(20)14-7-10-17(30-2)16(24)12-14/h3-12,20,27H,1-2H3/t20-/m0/s1. The number of Topliss-reactive ketones (excluding diaryl/α,β-unsaturated/α-hetero) is 1. The monoisotopic (exact) mass is 455 g/mol. The number of ketones is 1. The Labute approximate surface area is 187 Å². The van der Waals surface area contributed by atoms with E-state index in [9.17, 15) is 14.7 Å². The smallest absolute Gasteiger partial charge is 0.294 e. The normalized spacial score (nSPS) is 16.0. The number of rotatable bonds is 6. The van der Waals surface area contributed by atoms with Crippen molar-refractivity contribution in [3.8, 4) is 11.5 Å². The molecule has 1 aliphatic heterocycles. The number of methoxy groups -OCH3 is 2. The number of carbonyl (C=O) groups excluding carboxylic acids is 2. The third-order valence-electron chi connectivity index (χ3n) is 5.04. The number of benzene rings is 2. The van der Waals surface area contributed by atoms with Crippen LogP contribution in [0.4, 0.5) is 5.69 Å². The third-order valence-corrected chi connectivity index (χ3v) is 6.21. The van der Waals surface area contributed by atoms with Crippen molar-refractivity contribution >= 4 is 40.3 Å². The molecule has 1 aromatic heterocycles. The molecular weight excluding hydrogens is 438 g/mol. The number of halogens is 1. The van der Waals surface area contributed by atoms with Crippen LogP contribution in [0.3, 0.4) is 0 Å². The molecule has 2 heterocycles. The Morgan fingerprint density at radius 3 is 2.42 bits per heavy atom. The topological polar surface area (TPSA) is 76.1 Å². The van der Waals surface area contributed by atoms with E-state index >= 15 is 0 Å². The maximum atomic E-state index is 13.3. The lowest BCUT2D eigenvalue weighted by Gasteiger charge is -2.27. The van der Waals surface area contributed by atoms with Gasteiger partial charge in [0.25, 0.3) is 5.91 Å². The Morgan fingerprint density at radius 1 is 1.10 bits per heavy atom. The first kappa shape index (κ1) is 21.0. The number of carbonyl (C=O) groups is 2. The molecule has 0 spiro atoms. The average Bonchev–Trinajstić information content (AvgIpc) is 3.41. The van der Waals surface area contributed by atoms with E-state index in [0.717, 1.165) is 0 Å². The minimum absolute atomic E-state index is 0.0181. The van der Waals surface area contributed by atoms with Crippen LogP contribution in [0.5, 0.6) is 11.5 Å². The lowest BCUT2D eigenvalue weighted by atomic mass is 9.95. The second kappa shape index (κ2) is 8.45. The number of hydrogen-bond acceptors (Lipinski definition) is 6. The first-order valence-corrected chi connectivity index (χ1v) is 10.5. The molecule has 2 aromatic carbocycles. The molecule has 4 rings (SSSR count). The van der Waals surface area contributed by atoms with Gasteiger partial charge in [0.2, 0.25) is 5.78 Å². The minimum Gasteiger partial charge on any atom is -0.503 e. The van der Waals surface area contributed by atoms with Crippen LogP contribution in [0.1, 0.15) is 21.3 Å². The number of aliphatic hydroxyl groups is 1. The second-order valence-electron chi connectivity index (χ2n) is 6.74. The van der Waals surface area contributed by atoms with E-state index in [1.54, 1.807) is 67.1 Å². The van der Waals surface area contributed by atoms with Crippen LogP contribution in [0.15, 0.2) is 71.3 Å². The third kappa shape index (κ3) is 3.66. The Hall–Kier alpha value is -3.29. The molecular formula is C23H18ClNO5S. The summed E-state index contributed by atoms with van der Waals surface area (Å²) < 4.78 is 10.4. The highest BCUT2D eigenvalue weighted by molar-refractivity contribution is 7.12. The molecule has 3 aromatic rings. The van der Waals surface area contributed by atoms with Gasteiger partial charge in [0.15, 0.2) is 5.76 Å². The van der Waals surface area contributed by atoms with Crippen molar-refractivity contribution in [3.63, 3.8) is 0 Å². The van der Waals surface area contributed by atoms with Crippen molar-refractivity contribution in [2.45, 2.75) is 6.04 Å². The van der Waals surface area contributed by atoms with E-state index in [2.05, 4.69) is 0 Å². The number of ether oxygens (including phenoxy) is 2. The van der Waals surface area contributed by atoms with Gasteiger partial charge >= 0.3 is 0 Å². The van der Waals surface area contributed by atoms with E-state index in [0.29, 0.717) is 32.6 Å². The first-order valence-electron chi connectivity index (χ1n) is 9.28. The number of nitrogens with zero attached hydrogens (tertiary/aromatic N) is 1. The van der Waals surface area contributed by atoms with Crippen LogP contribution in [0.25, 0.3) is 0 Å². The SMILES string of the molecule is COc1ccc([C@H]2C(C(=O)c3cccs3)=C(O)C(=O)N2c2ccc(OC)c(Cl)c2)cc1. The fourth-order valence-electron chi connectivity index (χ4n) is 3.55. The summed E-state index contributed by atoms with van der Waals surface area (Å²) in [6.45, 7) is 0. The maximum Gasteiger partial charge on any atom is 0.294 e. The largest absolute Gasteiger partial charge is 0.503 e. The molecule has 158 valence electrons. The highest BCUT2D eigenvalue weighted by Gasteiger charge is 2.45. The number of aliphatic hydroxyl groups excluding tert-OH is 1. The van der Waals surface area contributed by atoms with Crippen molar-refractivity contribution in [3.05, 3.63) is 86.8 Å². The summed E-state index contributed by atoms with van der Waals surface area (Å²) in [5, 5.41) is 12.8. The molecule has 6 nitrogen and oxygen atoms in total. The zero-order valence-electron chi connectivity index (χ0n) is 16.7. The number of hydrogen-bond donors (Lipinski definition) is 1. The molecule has 0 radical (unpaired) electrons. The Balaban J connectivity index is 1.87. The fraction of sp³-hybridized carbons (Fsp3) is 0.130. The highest BCUT2D eigenvalue weighted by atomic mass is 35.5. The van der Waals surface area contributed by atoms with Gasteiger partial charge in [0.05, 0.1) is 35.7 Å². The Morgan fingerprint density at radius 2 is 1.84 bits per heavy atom. The quantitative estimate of drug-likeness (QED) is 0.517. The zero-order valence-corrected chi connectivity index (χ0v) is 18.2. The van der Waals surface area contributed by atoms with Gasteiger partial charge in [-0.3, -0.25) is 14.5 Å². The summed E-state index contributed by atoms with van der Waals surface area (Å²) >= 11 is 7.53. The summed E-state index contributed by atoms with van der Waals surface area (Å²) in [4.78, 5) is 28.2. The highest BCUT2D eigenvalue weighted by Crippen LogP contribution is 2.44. The van der Waals surface area contributed by atoms with E-state index < -0.39 is 23.5 Å². The van der Waals surface area contributed by atoms with Crippen LogP contribution in [0.2, 0.25) is 5.02 Å². The van der Waals surface area contributed by atoms with Crippen molar-refractivity contribution in [1.82, 2.24) is 0 Å². The van der Waals surface area contributed by atoms with E-state index in [-0.39, 0.29) is 5.57 Å². The van der Waals surface area contributed by atoms with Crippen molar-refractivity contribution in [1.29, 1.82) is 0 Å². The lowest BCUT2D eigenvalue weighted by Crippen LogP contribution is -2.31. The van der Waals surface area contributed by atoms with Crippen molar-refractivity contribution in [2.24, 2.45) is 0 Å². The molecule has 0 fully saturated rings. The minimum atomic E-state index is -0.836. The summed E-state index contributed by atoms with van der Waals surface area (Å²) in [6.07, 6.45) is 0. The molecule has 31 heavy (non-hydrogen) atoms. The molecule has 0 aliphatic carbocycles. The van der Waals surface area contributed by atoms with Gasteiger partial charge in [-0.15, -0.1) is 11.3 Å². The predicted molar refractivity (Wildman–Crippen MR) is 120 cm³/mol. The second-order valence-corrected chi connectivity index (χ2v) is 8.09. The maximum absolute atomic E-state index is 13.3. The van der Waals surface area contributed by atoms with Gasteiger partial charge in [-0.25, -0.2) is 0 Å². The van der Waals surface area contributed by atoms with Crippen LogP contribution in [0, 0.1) is 0 Å². The number of amides is 1. The van der Waals surface area contributed by atoms with E-state index in [4.69, 9.17) is 21.1 Å². The van der Waals surface area contributed by atoms with E-state index in [1.165, 1.54) is 23.3 Å². The van der Waals surface area contributed by atoms with E-state index in [1.807, 2.05) is 0 Å². The van der Waals surface area contributed by atoms with Gasteiger partial charge in [-0.2, -0.15) is 0 Å². The lowest BCUT2D eigenvalue weighted by molar-refractivity contribution is -0.117. The first-order chi connectivity index (χ1) is 15.0. The summed E-state index contributed by atoms with van der Waals surface area (Å²) in [5.74, 6) is -0.575.